The van der Waals surface area contributed by atoms with E-state index in [4.69, 9.17) is 5.84 Å². The summed E-state index contributed by atoms with van der Waals surface area (Å²) in [6.07, 6.45) is 1.79. The first-order chi connectivity index (χ1) is 5.58. The molecule has 0 bridgehead atoms. The van der Waals surface area contributed by atoms with Gasteiger partial charge in [-0.1, -0.05) is 6.92 Å². The Hall–Kier alpha value is -0.610. The third-order valence-electron chi connectivity index (χ3n) is 2.77. The molecule has 1 amide bonds. The summed E-state index contributed by atoms with van der Waals surface area (Å²) in [4.78, 5) is 13.6. The Kier molecular flexibility index (Phi) is 2.69. The second kappa shape index (κ2) is 3.41. The fourth-order valence-corrected chi connectivity index (χ4v) is 1.51. The first-order valence-corrected chi connectivity index (χ1v) is 4.28. The maximum atomic E-state index is 11.3. The summed E-state index contributed by atoms with van der Waals surface area (Å²) in [7, 11) is 2.07. The monoisotopic (exact) mass is 171 g/mol. The lowest BCUT2D eigenvalue weighted by Crippen LogP contribution is -2.48. The van der Waals surface area contributed by atoms with Crippen molar-refractivity contribution in [3.63, 3.8) is 0 Å². The average molecular weight is 171 g/mol. The molecule has 1 aliphatic heterocycles. The zero-order valence-electron chi connectivity index (χ0n) is 7.76. The van der Waals surface area contributed by atoms with Gasteiger partial charge in [-0.3, -0.25) is 10.2 Å². The van der Waals surface area contributed by atoms with Crippen LogP contribution in [0.25, 0.3) is 0 Å². The minimum Gasteiger partial charge on any atom is -0.306 e. The number of nitrogens with two attached hydrogens (primary N) is 1. The lowest BCUT2D eigenvalue weighted by atomic mass is 9.80. The van der Waals surface area contributed by atoms with Crippen molar-refractivity contribution in [3.8, 4) is 0 Å². The molecule has 0 aromatic heterocycles. The molecule has 0 spiro atoms. The highest BCUT2D eigenvalue weighted by Crippen LogP contribution is 2.29. The van der Waals surface area contributed by atoms with Crippen LogP contribution in [-0.2, 0) is 4.79 Å². The van der Waals surface area contributed by atoms with Crippen molar-refractivity contribution in [1.29, 1.82) is 0 Å². The molecule has 0 radical (unpaired) electrons. The molecule has 4 heteroatoms. The summed E-state index contributed by atoms with van der Waals surface area (Å²) in [5.41, 5.74) is 1.98. The highest BCUT2D eigenvalue weighted by molar-refractivity contribution is 5.81. The predicted octanol–water partition coefficient (Wildman–Crippen LogP) is -0.292. The highest BCUT2D eigenvalue weighted by atomic mass is 16.2. The van der Waals surface area contributed by atoms with Crippen molar-refractivity contribution in [2.24, 2.45) is 11.3 Å². The zero-order valence-corrected chi connectivity index (χ0v) is 7.76. The van der Waals surface area contributed by atoms with Crippen LogP contribution in [0.4, 0.5) is 0 Å². The summed E-state index contributed by atoms with van der Waals surface area (Å²) in [5.74, 6) is 5.08. The number of hydrazine groups is 1. The molecule has 12 heavy (non-hydrogen) atoms. The van der Waals surface area contributed by atoms with Gasteiger partial charge in [0.15, 0.2) is 0 Å². The van der Waals surface area contributed by atoms with E-state index in [2.05, 4.69) is 17.4 Å². The third-order valence-corrected chi connectivity index (χ3v) is 2.77. The van der Waals surface area contributed by atoms with Gasteiger partial charge in [0.25, 0.3) is 0 Å². The summed E-state index contributed by atoms with van der Waals surface area (Å²) >= 11 is 0. The van der Waals surface area contributed by atoms with Crippen molar-refractivity contribution < 1.29 is 4.79 Å². The van der Waals surface area contributed by atoms with Crippen LogP contribution in [0.15, 0.2) is 0 Å². The van der Waals surface area contributed by atoms with Crippen molar-refractivity contribution >= 4 is 5.91 Å². The van der Waals surface area contributed by atoms with Crippen LogP contribution < -0.4 is 11.3 Å². The van der Waals surface area contributed by atoms with E-state index in [9.17, 15) is 4.79 Å². The highest BCUT2D eigenvalue weighted by Gasteiger charge is 2.35. The molecular weight excluding hydrogens is 154 g/mol. The van der Waals surface area contributed by atoms with E-state index in [-0.39, 0.29) is 11.3 Å². The second-order valence-electron chi connectivity index (χ2n) is 3.84. The van der Waals surface area contributed by atoms with Crippen LogP contribution in [0.2, 0.25) is 0 Å². The Morgan fingerprint density at radius 1 is 1.50 bits per heavy atom. The number of rotatable bonds is 1. The minimum absolute atomic E-state index is 0.0319. The van der Waals surface area contributed by atoms with E-state index in [0.29, 0.717) is 0 Å². The Bertz CT molecular complexity index is 173. The summed E-state index contributed by atoms with van der Waals surface area (Å²) in [6.45, 7) is 3.93. The van der Waals surface area contributed by atoms with Crippen LogP contribution in [0.3, 0.4) is 0 Å². The lowest BCUT2D eigenvalue weighted by Gasteiger charge is -2.35. The van der Waals surface area contributed by atoms with Gasteiger partial charge in [0.2, 0.25) is 5.91 Å². The molecule has 1 rings (SSSR count). The molecule has 4 nitrogen and oxygen atoms in total. The molecule has 3 N–H and O–H groups in total. The first-order valence-electron chi connectivity index (χ1n) is 4.28. The van der Waals surface area contributed by atoms with Gasteiger partial charge in [0, 0.05) is 0 Å². The smallest absolute Gasteiger partial charge is 0.239 e. The molecule has 0 atom stereocenters. The molecule has 1 fully saturated rings. The summed E-state index contributed by atoms with van der Waals surface area (Å²) in [5, 5.41) is 0. The molecule has 0 aliphatic carbocycles. The van der Waals surface area contributed by atoms with Crippen LogP contribution in [0.1, 0.15) is 19.8 Å². The van der Waals surface area contributed by atoms with Crippen molar-refractivity contribution in [2.75, 3.05) is 20.1 Å². The number of carbonyl (C=O) groups excluding carboxylic acids is 1. The van der Waals surface area contributed by atoms with Gasteiger partial charge in [-0.15, -0.1) is 0 Å². The largest absolute Gasteiger partial charge is 0.306 e. The standard InChI is InChI=1S/C8H17N3O/c1-8(7(12)10-9)3-5-11(2)6-4-8/h3-6,9H2,1-2H3,(H,10,12). The number of nitrogens with one attached hydrogen (secondary N) is 1. The van der Waals surface area contributed by atoms with Crippen LogP contribution in [-0.4, -0.2) is 30.9 Å². The third kappa shape index (κ3) is 1.76. The second-order valence-corrected chi connectivity index (χ2v) is 3.84. The van der Waals surface area contributed by atoms with Crippen LogP contribution in [0, 0.1) is 5.41 Å². The molecule has 0 aromatic carbocycles. The zero-order chi connectivity index (χ0) is 9.19. The number of amides is 1. The van der Waals surface area contributed by atoms with Crippen LogP contribution >= 0.6 is 0 Å². The topological polar surface area (TPSA) is 58.4 Å². The Morgan fingerprint density at radius 3 is 2.42 bits per heavy atom. The first kappa shape index (κ1) is 9.48. The molecule has 1 heterocycles. The molecule has 0 saturated carbocycles. The normalized spacial score (nSPS) is 23.6. The molecule has 0 aromatic rings. The Morgan fingerprint density at radius 2 is 2.00 bits per heavy atom. The lowest BCUT2D eigenvalue weighted by molar-refractivity contribution is -0.132. The molecule has 1 aliphatic rings. The maximum Gasteiger partial charge on any atom is 0.239 e. The summed E-state index contributed by atoms with van der Waals surface area (Å²) < 4.78 is 0. The van der Waals surface area contributed by atoms with Crippen LogP contribution in [0.5, 0.6) is 0 Å². The van der Waals surface area contributed by atoms with Crippen molar-refractivity contribution in [1.82, 2.24) is 10.3 Å². The van der Waals surface area contributed by atoms with Crippen molar-refractivity contribution in [2.45, 2.75) is 19.8 Å². The van der Waals surface area contributed by atoms with E-state index < -0.39 is 0 Å². The Balaban J connectivity index is 2.55. The maximum absolute atomic E-state index is 11.3. The van der Waals surface area contributed by atoms with Gasteiger partial charge in [0.05, 0.1) is 5.41 Å². The van der Waals surface area contributed by atoms with Gasteiger partial charge in [-0.25, -0.2) is 5.84 Å². The van der Waals surface area contributed by atoms with E-state index in [1.54, 1.807) is 0 Å². The van der Waals surface area contributed by atoms with E-state index in [0.717, 1.165) is 25.9 Å². The number of hydrogen-bond acceptors (Lipinski definition) is 3. The van der Waals surface area contributed by atoms with Gasteiger partial charge in [0.1, 0.15) is 0 Å². The Labute approximate surface area is 73.1 Å². The van der Waals surface area contributed by atoms with Gasteiger partial charge in [-0.05, 0) is 33.0 Å². The molecular formula is C8H17N3O. The average Bonchev–Trinajstić information content (AvgIpc) is 2.09. The minimum atomic E-state index is -0.249. The van der Waals surface area contributed by atoms with Gasteiger partial charge >= 0.3 is 0 Å². The van der Waals surface area contributed by atoms with E-state index >= 15 is 0 Å². The molecule has 70 valence electrons. The number of nitrogens with zero attached hydrogens (tertiary/aromatic N) is 1. The summed E-state index contributed by atoms with van der Waals surface area (Å²) in [6, 6.07) is 0. The number of hydrogen-bond donors (Lipinski definition) is 2. The van der Waals surface area contributed by atoms with E-state index in [1.807, 2.05) is 6.92 Å². The molecule has 1 saturated heterocycles. The number of carbonyl (C=O) groups is 1. The SMILES string of the molecule is CN1CCC(C)(C(=O)NN)CC1. The predicted molar refractivity (Wildman–Crippen MR) is 47.2 cm³/mol. The molecule has 0 unspecified atom stereocenters. The number of likely N-dealkylation sites (tertiary alicyclic amines) is 1. The fraction of sp³-hybridized carbons (Fsp3) is 0.875. The van der Waals surface area contributed by atoms with Crippen molar-refractivity contribution in [3.05, 3.63) is 0 Å². The number of piperidine rings is 1. The van der Waals surface area contributed by atoms with Gasteiger partial charge in [-0.2, -0.15) is 0 Å². The van der Waals surface area contributed by atoms with Gasteiger partial charge < -0.3 is 4.90 Å². The fourth-order valence-electron chi connectivity index (χ4n) is 1.51. The quantitative estimate of drug-likeness (QED) is 0.324. The van der Waals surface area contributed by atoms with E-state index in [1.165, 1.54) is 0 Å².